The van der Waals surface area contributed by atoms with Crippen molar-refractivity contribution in [3.63, 3.8) is 0 Å². The van der Waals surface area contributed by atoms with Crippen molar-refractivity contribution >= 4 is 37.8 Å². The van der Waals surface area contributed by atoms with Crippen molar-refractivity contribution < 1.29 is 9.90 Å². The predicted octanol–water partition coefficient (Wildman–Crippen LogP) is 3.51. The number of likely N-dealkylation sites (tertiary alicyclic amines) is 1. The minimum atomic E-state index is -0.693. The van der Waals surface area contributed by atoms with Gasteiger partial charge in [-0.1, -0.05) is 6.07 Å². The van der Waals surface area contributed by atoms with Gasteiger partial charge < -0.3 is 5.11 Å². The van der Waals surface area contributed by atoms with Gasteiger partial charge in [0.25, 0.3) is 0 Å². The first-order valence-electron chi connectivity index (χ1n) is 5.80. The number of halogens is 2. The van der Waals surface area contributed by atoms with Gasteiger partial charge in [-0.25, -0.2) is 0 Å². The van der Waals surface area contributed by atoms with Crippen LogP contribution in [0.3, 0.4) is 0 Å². The molecule has 0 amide bonds. The monoisotopic (exact) mass is 375 g/mol. The van der Waals surface area contributed by atoms with Crippen molar-refractivity contribution in [2.75, 3.05) is 13.1 Å². The zero-order valence-electron chi connectivity index (χ0n) is 10.1. The van der Waals surface area contributed by atoms with Crippen molar-refractivity contribution in [3.05, 3.63) is 32.7 Å². The Labute approximate surface area is 123 Å². The molecule has 98 valence electrons. The van der Waals surface area contributed by atoms with Crippen molar-refractivity contribution in [1.82, 2.24) is 4.90 Å². The molecule has 0 radical (unpaired) electrons. The number of hydrogen-bond acceptors (Lipinski definition) is 2. The largest absolute Gasteiger partial charge is 0.481 e. The Balaban J connectivity index is 2.03. The third kappa shape index (κ3) is 2.95. The van der Waals surface area contributed by atoms with E-state index in [-0.39, 0.29) is 0 Å². The van der Waals surface area contributed by atoms with Crippen LogP contribution in [0.15, 0.2) is 27.1 Å². The second kappa shape index (κ2) is 5.31. The van der Waals surface area contributed by atoms with Gasteiger partial charge in [-0.3, -0.25) is 9.69 Å². The van der Waals surface area contributed by atoms with Gasteiger partial charge in [0, 0.05) is 22.0 Å². The van der Waals surface area contributed by atoms with Gasteiger partial charge in [-0.05, 0) is 69.4 Å². The highest BCUT2D eigenvalue weighted by Crippen LogP contribution is 2.31. The van der Waals surface area contributed by atoms with E-state index in [0.717, 1.165) is 28.5 Å². The maximum atomic E-state index is 11.2. The molecule has 1 aliphatic heterocycles. The Morgan fingerprint density at radius 1 is 1.44 bits per heavy atom. The third-order valence-corrected chi connectivity index (χ3v) is 5.34. The first kappa shape index (κ1) is 14.0. The fourth-order valence-electron chi connectivity index (χ4n) is 2.26. The molecule has 1 fully saturated rings. The van der Waals surface area contributed by atoms with Crippen molar-refractivity contribution in [1.29, 1.82) is 0 Å². The lowest BCUT2D eigenvalue weighted by molar-refractivity contribution is -0.147. The molecular weight excluding hydrogens is 362 g/mol. The Kier molecular flexibility index (Phi) is 4.14. The molecule has 0 spiro atoms. The maximum absolute atomic E-state index is 11.2. The Morgan fingerprint density at radius 2 is 2.17 bits per heavy atom. The summed E-state index contributed by atoms with van der Waals surface area (Å²) in [4.78, 5) is 13.4. The van der Waals surface area contributed by atoms with Crippen LogP contribution in [0.1, 0.15) is 18.9 Å². The van der Waals surface area contributed by atoms with Crippen LogP contribution in [0.2, 0.25) is 0 Å². The Hall–Kier alpha value is -0.390. The lowest BCUT2D eigenvalue weighted by atomic mass is 9.90. The number of carbonyl (C=O) groups is 1. The third-order valence-electron chi connectivity index (χ3n) is 3.46. The number of aliphatic carboxylic acids is 1. The second-order valence-electron chi connectivity index (χ2n) is 5.07. The van der Waals surface area contributed by atoms with Gasteiger partial charge in [0.2, 0.25) is 0 Å². The van der Waals surface area contributed by atoms with E-state index >= 15 is 0 Å². The Morgan fingerprint density at radius 3 is 2.72 bits per heavy atom. The summed E-state index contributed by atoms with van der Waals surface area (Å²) in [6, 6.07) is 6.14. The zero-order chi connectivity index (χ0) is 13.3. The minimum Gasteiger partial charge on any atom is -0.481 e. The number of rotatable bonds is 3. The molecule has 0 aromatic heterocycles. The molecule has 1 unspecified atom stereocenters. The fourth-order valence-corrected chi connectivity index (χ4v) is 2.94. The molecular formula is C13H15Br2NO2. The second-order valence-corrected chi connectivity index (χ2v) is 6.78. The van der Waals surface area contributed by atoms with E-state index < -0.39 is 11.4 Å². The highest BCUT2D eigenvalue weighted by atomic mass is 79.9. The normalized spacial score (nSPS) is 24.4. The molecule has 0 aliphatic carbocycles. The molecule has 1 heterocycles. The van der Waals surface area contributed by atoms with Crippen LogP contribution >= 0.6 is 31.9 Å². The SMILES string of the molecule is CC1(C(=O)O)CCN(Cc2ccc(Br)c(Br)c2)C1. The van der Waals surface area contributed by atoms with E-state index in [0.29, 0.717) is 6.54 Å². The lowest BCUT2D eigenvalue weighted by Gasteiger charge is -2.20. The topological polar surface area (TPSA) is 40.5 Å². The van der Waals surface area contributed by atoms with Gasteiger partial charge >= 0.3 is 5.97 Å². The molecule has 1 atom stereocenters. The van der Waals surface area contributed by atoms with E-state index in [1.807, 2.05) is 13.0 Å². The summed E-state index contributed by atoms with van der Waals surface area (Å²) in [7, 11) is 0. The minimum absolute atomic E-state index is 0.591. The first-order chi connectivity index (χ1) is 8.40. The van der Waals surface area contributed by atoms with Crippen LogP contribution in [0, 0.1) is 5.41 Å². The number of hydrogen-bond donors (Lipinski definition) is 1. The molecule has 5 heteroatoms. The molecule has 2 rings (SSSR count). The molecule has 1 aromatic rings. The molecule has 0 bridgehead atoms. The van der Waals surface area contributed by atoms with Crippen LogP contribution in [-0.4, -0.2) is 29.1 Å². The highest BCUT2D eigenvalue weighted by Gasteiger charge is 2.40. The number of nitrogens with zero attached hydrogens (tertiary/aromatic N) is 1. The number of carboxylic acid groups (broad SMARTS) is 1. The predicted molar refractivity (Wildman–Crippen MR) is 77.5 cm³/mol. The van der Waals surface area contributed by atoms with Crippen molar-refractivity contribution in [2.45, 2.75) is 19.9 Å². The van der Waals surface area contributed by atoms with Gasteiger partial charge in [-0.15, -0.1) is 0 Å². The quantitative estimate of drug-likeness (QED) is 0.877. The first-order valence-corrected chi connectivity index (χ1v) is 7.39. The highest BCUT2D eigenvalue weighted by molar-refractivity contribution is 9.13. The summed E-state index contributed by atoms with van der Waals surface area (Å²) in [6.07, 6.45) is 0.722. The molecule has 3 nitrogen and oxygen atoms in total. The number of carboxylic acids is 1. The van der Waals surface area contributed by atoms with Gasteiger partial charge in [0.15, 0.2) is 0 Å². The van der Waals surface area contributed by atoms with E-state index in [9.17, 15) is 9.90 Å². The van der Waals surface area contributed by atoms with Gasteiger partial charge in [-0.2, -0.15) is 0 Å². The van der Waals surface area contributed by atoms with E-state index in [1.54, 1.807) is 0 Å². The standard InChI is InChI=1S/C13H15Br2NO2/c1-13(12(17)18)4-5-16(8-13)7-9-2-3-10(14)11(15)6-9/h2-3,6H,4-5,7-8H2,1H3,(H,17,18). The van der Waals surface area contributed by atoms with E-state index in [2.05, 4.69) is 48.9 Å². The molecule has 1 aromatic carbocycles. The summed E-state index contributed by atoms with van der Waals surface area (Å²) >= 11 is 6.92. The summed E-state index contributed by atoms with van der Waals surface area (Å²) < 4.78 is 2.06. The average molecular weight is 377 g/mol. The zero-order valence-corrected chi connectivity index (χ0v) is 13.3. The van der Waals surface area contributed by atoms with Crippen LogP contribution < -0.4 is 0 Å². The van der Waals surface area contributed by atoms with Crippen molar-refractivity contribution in [2.24, 2.45) is 5.41 Å². The fraction of sp³-hybridized carbons (Fsp3) is 0.462. The summed E-state index contributed by atoms with van der Waals surface area (Å²) in [6.45, 7) is 4.09. The smallest absolute Gasteiger partial charge is 0.310 e. The summed E-state index contributed by atoms with van der Waals surface area (Å²) in [5.41, 5.74) is 0.604. The molecule has 0 saturated carbocycles. The lowest BCUT2D eigenvalue weighted by Crippen LogP contribution is -2.31. The summed E-state index contributed by atoms with van der Waals surface area (Å²) in [5, 5.41) is 9.20. The van der Waals surface area contributed by atoms with E-state index in [1.165, 1.54) is 5.56 Å². The summed E-state index contributed by atoms with van der Waals surface area (Å²) in [5.74, 6) is -0.693. The van der Waals surface area contributed by atoms with Crippen LogP contribution in [0.25, 0.3) is 0 Å². The van der Waals surface area contributed by atoms with Crippen LogP contribution in [0.5, 0.6) is 0 Å². The number of benzene rings is 1. The Bertz CT molecular complexity index is 478. The molecule has 1 aliphatic rings. The van der Waals surface area contributed by atoms with Crippen LogP contribution in [-0.2, 0) is 11.3 Å². The molecule has 18 heavy (non-hydrogen) atoms. The van der Waals surface area contributed by atoms with Crippen molar-refractivity contribution in [3.8, 4) is 0 Å². The van der Waals surface area contributed by atoms with Gasteiger partial charge in [0.05, 0.1) is 5.41 Å². The van der Waals surface area contributed by atoms with Crippen LogP contribution in [0.4, 0.5) is 0 Å². The molecule has 1 saturated heterocycles. The average Bonchev–Trinajstić information content (AvgIpc) is 2.67. The van der Waals surface area contributed by atoms with Gasteiger partial charge in [0.1, 0.15) is 0 Å². The molecule has 1 N–H and O–H groups in total. The van der Waals surface area contributed by atoms with E-state index in [4.69, 9.17) is 0 Å². The maximum Gasteiger partial charge on any atom is 0.310 e.